The largest absolute Gasteiger partial charge is 0.368 e. The molecule has 3 N–H and O–H groups in total. The molecule has 16 heavy (non-hydrogen) atoms. The van der Waals surface area contributed by atoms with E-state index in [-0.39, 0.29) is 11.9 Å². The fourth-order valence-corrected chi connectivity index (χ4v) is 1.61. The highest BCUT2D eigenvalue weighted by Gasteiger charge is 2.15. The van der Waals surface area contributed by atoms with E-state index in [9.17, 15) is 4.79 Å². The Balaban J connectivity index is 3.83. The Bertz CT molecular complexity index is 185. The third-order valence-electron chi connectivity index (χ3n) is 2.62. The lowest BCUT2D eigenvalue weighted by molar-refractivity contribution is -0.120. The molecule has 4 nitrogen and oxygen atoms in total. The first kappa shape index (κ1) is 15.4. The molecule has 0 saturated heterocycles. The van der Waals surface area contributed by atoms with Crippen LogP contribution in [0.5, 0.6) is 0 Å². The van der Waals surface area contributed by atoms with Gasteiger partial charge in [-0.15, -0.1) is 0 Å². The Labute approximate surface area is 99.6 Å². The lowest BCUT2D eigenvalue weighted by Gasteiger charge is -2.22. The summed E-state index contributed by atoms with van der Waals surface area (Å²) in [7, 11) is 2.04. The molecular formula is C12H27N3O. The zero-order valence-electron chi connectivity index (χ0n) is 11.0. The first-order valence-electron chi connectivity index (χ1n) is 6.33. The van der Waals surface area contributed by atoms with E-state index in [0.717, 1.165) is 19.5 Å². The molecule has 0 spiro atoms. The minimum Gasteiger partial charge on any atom is -0.368 e. The second kappa shape index (κ2) is 9.60. The van der Waals surface area contributed by atoms with Crippen molar-refractivity contribution in [3.8, 4) is 0 Å². The van der Waals surface area contributed by atoms with E-state index in [1.54, 1.807) is 0 Å². The number of carbonyl (C=O) groups is 1. The van der Waals surface area contributed by atoms with Crippen LogP contribution < -0.4 is 11.1 Å². The number of hydrogen-bond donors (Lipinski definition) is 2. The predicted molar refractivity (Wildman–Crippen MR) is 68.3 cm³/mol. The van der Waals surface area contributed by atoms with E-state index < -0.39 is 0 Å². The maximum Gasteiger partial charge on any atom is 0.235 e. The van der Waals surface area contributed by atoms with Crippen LogP contribution in [0, 0.1) is 0 Å². The normalized spacial score (nSPS) is 13.0. The Kier molecular flexibility index (Phi) is 9.24. The molecule has 0 radical (unpaired) electrons. The van der Waals surface area contributed by atoms with Gasteiger partial charge in [0.1, 0.15) is 0 Å². The fourth-order valence-electron chi connectivity index (χ4n) is 1.61. The maximum absolute atomic E-state index is 11.2. The molecule has 1 amide bonds. The van der Waals surface area contributed by atoms with Crippen LogP contribution in [-0.2, 0) is 4.79 Å². The summed E-state index contributed by atoms with van der Waals surface area (Å²) in [6.45, 7) is 6.85. The summed E-state index contributed by atoms with van der Waals surface area (Å²) < 4.78 is 0. The zero-order chi connectivity index (χ0) is 12.4. The van der Waals surface area contributed by atoms with Crippen molar-refractivity contribution in [3.63, 3.8) is 0 Å². The third kappa shape index (κ3) is 7.65. The Morgan fingerprint density at radius 1 is 1.31 bits per heavy atom. The summed E-state index contributed by atoms with van der Waals surface area (Å²) in [5.74, 6) is -0.254. The number of primary amides is 1. The van der Waals surface area contributed by atoms with Crippen LogP contribution in [0.15, 0.2) is 0 Å². The summed E-state index contributed by atoms with van der Waals surface area (Å²) in [4.78, 5) is 13.4. The van der Waals surface area contributed by atoms with Crippen LogP contribution in [-0.4, -0.2) is 43.5 Å². The van der Waals surface area contributed by atoms with Gasteiger partial charge in [-0.3, -0.25) is 4.79 Å². The third-order valence-corrected chi connectivity index (χ3v) is 2.62. The van der Waals surface area contributed by atoms with Crippen molar-refractivity contribution in [1.29, 1.82) is 0 Å². The Morgan fingerprint density at radius 3 is 2.50 bits per heavy atom. The van der Waals surface area contributed by atoms with Crippen LogP contribution in [0.1, 0.15) is 39.5 Å². The van der Waals surface area contributed by atoms with Gasteiger partial charge in [0, 0.05) is 6.54 Å². The molecule has 0 aromatic rings. The minimum atomic E-state index is -0.254. The van der Waals surface area contributed by atoms with Gasteiger partial charge >= 0.3 is 0 Å². The van der Waals surface area contributed by atoms with Gasteiger partial charge in [-0.2, -0.15) is 0 Å². The first-order chi connectivity index (χ1) is 7.61. The molecule has 96 valence electrons. The van der Waals surface area contributed by atoms with Crippen LogP contribution in [0.2, 0.25) is 0 Å². The average Bonchev–Trinajstić information content (AvgIpc) is 2.24. The van der Waals surface area contributed by atoms with Gasteiger partial charge in [0.25, 0.3) is 0 Å². The van der Waals surface area contributed by atoms with E-state index in [1.807, 2.05) is 7.05 Å². The van der Waals surface area contributed by atoms with E-state index in [4.69, 9.17) is 5.73 Å². The van der Waals surface area contributed by atoms with Crippen molar-refractivity contribution < 1.29 is 4.79 Å². The number of nitrogens with two attached hydrogens (primary N) is 1. The molecule has 0 heterocycles. The number of rotatable bonds is 10. The Hall–Kier alpha value is -0.610. The zero-order valence-corrected chi connectivity index (χ0v) is 11.0. The smallest absolute Gasteiger partial charge is 0.235 e. The van der Waals surface area contributed by atoms with Crippen molar-refractivity contribution >= 4 is 5.91 Å². The molecular weight excluding hydrogens is 202 g/mol. The van der Waals surface area contributed by atoms with Gasteiger partial charge < -0.3 is 16.0 Å². The predicted octanol–water partition coefficient (Wildman–Crippen LogP) is 0.962. The number of amides is 1. The molecule has 0 aromatic heterocycles. The highest BCUT2D eigenvalue weighted by atomic mass is 16.1. The summed E-state index contributed by atoms with van der Waals surface area (Å²) >= 11 is 0. The molecule has 0 aliphatic rings. The molecule has 0 aliphatic heterocycles. The first-order valence-corrected chi connectivity index (χ1v) is 6.33. The second-order valence-electron chi connectivity index (χ2n) is 4.38. The molecule has 1 unspecified atom stereocenters. The molecule has 4 heteroatoms. The Morgan fingerprint density at radius 2 is 2.00 bits per heavy atom. The van der Waals surface area contributed by atoms with Gasteiger partial charge in [-0.25, -0.2) is 0 Å². The van der Waals surface area contributed by atoms with Crippen LogP contribution in [0.25, 0.3) is 0 Å². The van der Waals surface area contributed by atoms with Crippen molar-refractivity contribution in [2.24, 2.45) is 5.73 Å². The topological polar surface area (TPSA) is 58.4 Å². The second-order valence-corrected chi connectivity index (χ2v) is 4.38. The molecule has 0 bridgehead atoms. The molecule has 0 fully saturated rings. The summed E-state index contributed by atoms with van der Waals surface area (Å²) in [5.41, 5.74) is 5.35. The standard InChI is InChI=1S/C12H27N3O/c1-4-6-7-9-15(3)10-11(12(13)16)14-8-5-2/h11,14H,4-10H2,1-3H3,(H2,13,16). The van der Waals surface area contributed by atoms with Crippen LogP contribution in [0.3, 0.4) is 0 Å². The molecule has 0 rings (SSSR count). The van der Waals surface area contributed by atoms with Gasteiger partial charge in [0.2, 0.25) is 5.91 Å². The van der Waals surface area contributed by atoms with Gasteiger partial charge in [0.15, 0.2) is 0 Å². The van der Waals surface area contributed by atoms with E-state index in [0.29, 0.717) is 6.54 Å². The lowest BCUT2D eigenvalue weighted by atomic mass is 10.2. The minimum absolute atomic E-state index is 0.216. The molecule has 0 aliphatic carbocycles. The van der Waals surface area contributed by atoms with E-state index in [1.165, 1.54) is 19.3 Å². The average molecular weight is 229 g/mol. The van der Waals surface area contributed by atoms with Crippen LogP contribution in [0.4, 0.5) is 0 Å². The number of carbonyl (C=O) groups excluding carboxylic acids is 1. The van der Waals surface area contributed by atoms with Crippen molar-refractivity contribution in [2.45, 2.75) is 45.6 Å². The van der Waals surface area contributed by atoms with E-state index in [2.05, 4.69) is 24.1 Å². The summed E-state index contributed by atoms with van der Waals surface area (Å²) in [6, 6.07) is -0.216. The molecule has 0 saturated carbocycles. The summed E-state index contributed by atoms with van der Waals surface area (Å²) in [6.07, 6.45) is 4.67. The van der Waals surface area contributed by atoms with E-state index >= 15 is 0 Å². The number of nitrogens with zero attached hydrogens (tertiary/aromatic N) is 1. The SMILES string of the molecule is CCCCCN(C)CC(NCCC)C(N)=O. The number of unbranched alkanes of at least 4 members (excludes halogenated alkanes) is 2. The van der Waals surface area contributed by atoms with Crippen molar-refractivity contribution in [1.82, 2.24) is 10.2 Å². The molecule has 0 aromatic carbocycles. The highest BCUT2D eigenvalue weighted by molar-refractivity contribution is 5.80. The van der Waals surface area contributed by atoms with Gasteiger partial charge in [0.05, 0.1) is 6.04 Å². The van der Waals surface area contributed by atoms with Crippen molar-refractivity contribution in [3.05, 3.63) is 0 Å². The monoisotopic (exact) mass is 229 g/mol. The number of hydrogen-bond acceptors (Lipinski definition) is 3. The molecule has 1 atom stereocenters. The van der Waals surface area contributed by atoms with Gasteiger partial charge in [-0.1, -0.05) is 26.7 Å². The van der Waals surface area contributed by atoms with Crippen molar-refractivity contribution in [2.75, 3.05) is 26.7 Å². The van der Waals surface area contributed by atoms with Gasteiger partial charge in [-0.05, 0) is 33.0 Å². The maximum atomic E-state index is 11.2. The number of likely N-dealkylation sites (N-methyl/N-ethyl adjacent to an activating group) is 1. The fraction of sp³-hybridized carbons (Fsp3) is 0.917. The summed E-state index contributed by atoms with van der Waals surface area (Å²) in [5, 5.41) is 3.17. The quantitative estimate of drug-likeness (QED) is 0.549. The number of nitrogens with one attached hydrogen (secondary N) is 1. The highest BCUT2D eigenvalue weighted by Crippen LogP contribution is 1.97. The lowest BCUT2D eigenvalue weighted by Crippen LogP contribution is -2.48. The van der Waals surface area contributed by atoms with Crippen LogP contribution >= 0.6 is 0 Å².